The molecule has 0 aromatic carbocycles. The Hall–Kier alpha value is -1.22. The molecule has 1 atom stereocenters. The molecular weight excluding hydrogens is 308 g/mol. The van der Waals surface area contributed by atoms with Gasteiger partial charge in [0.1, 0.15) is 10.9 Å². The Morgan fingerprint density at radius 3 is 3.00 bits per heavy atom. The molecular formula is C11H13ClN2O5S. The summed E-state index contributed by atoms with van der Waals surface area (Å²) in [7, 11) is -2.75. The average molecular weight is 321 g/mol. The summed E-state index contributed by atoms with van der Waals surface area (Å²) in [5, 5.41) is 0.0510. The van der Waals surface area contributed by atoms with Gasteiger partial charge >= 0.3 is 5.97 Å². The van der Waals surface area contributed by atoms with Gasteiger partial charge in [-0.25, -0.2) is 8.42 Å². The third-order valence-corrected chi connectivity index (χ3v) is 5.25. The number of methoxy groups -OCH3 is 1. The van der Waals surface area contributed by atoms with Crippen molar-refractivity contribution in [2.24, 2.45) is 0 Å². The van der Waals surface area contributed by atoms with Crippen molar-refractivity contribution in [1.29, 1.82) is 0 Å². The van der Waals surface area contributed by atoms with Crippen molar-refractivity contribution in [2.45, 2.75) is 10.9 Å². The van der Waals surface area contributed by atoms with Crippen molar-refractivity contribution in [3.8, 4) is 0 Å². The van der Waals surface area contributed by atoms with Crippen LogP contribution in [0.3, 0.4) is 0 Å². The van der Waals surface area contributed by atoms with Crippen LogP contribution in [0, 0.1) is 0 Å². The molecule has 1 saturated heterocycles. The number of nitrogens with zero attached hydrogens (tertiary/aromatic N) is 2. The second-order valence-electron chi connectivity index (χ2n) is 4.04. The standard InChI is InChI=1S/C11H13ClN2O5S/c1-18-11(15)9-7-19-5-4-14(9)20(16,17)10-6-13-3-2-8(10)12/h2-3,6,9H,4-5,7H2,1H3. The molecule has 20 heavy (non-hydrogen) atoms. The minimum atomic E-state index is -3.94. The van der Waals surface area contributed by atoms with E-state index in [2.05, 4.69) is 9.72 Å². The molecule has 1 aromatic heterocycles. The van der Waals surface area contributed by atoms with Crippen LogP contribution in [-0.4, -0.2) is 56.6 Å². The maximum atomic E-state index is 12.6. The van der Waals surface area contributed by atoms with Crippen molar-refractivity contribution in [1.82, 2.24) is 9.29 Å². The lowest BCUT2D eigenvalue weighted by molar-refractivity contribution is -0.149. The maximum Gasteiger partial charge on any atom is 0.326 e. The number of halogens is 1. The molecule has 0 saturated carbocycles. The number of esters is 1. The highest BCUT2D eigenvalue weighted by molar-refractivity contribution is 7.89. The Morgan fingerprint density at radius 1 is 1.60 bits per heavy atom. The van der Waals surface area contributed by atoms with E-state index in [0.717, 1.165) is 10.5 Å². The van der Waals surface area contributed by atoms with Crippen LogP contribution < -0.4 is 0 Å². The lowest BCUT2D eigenvalue weighted by Crippen LogP contribution is -2.52. The fourth-order valence-electron chi connectivity index (χ4n) is 1.88. The number of ether oxygens (including phenoxy) is 2. The monoisotopic (exact) mass is 320 g/mol. The zero-order valence-electron chi connectivity index (χ0n) is 10.7. The zero-order chi connectivity index (χ0) is 14.8. The third kappa shape index (κ3) is 2.78. The Bertz CT molecular complexity index is 607. The van der Waals surface area contributed by atoms with Gasteiger partial charge in [0.05, 0.1) is 25.3 Å². The lowest BCUT2D eigenvalue weighted by atomic mass is 10.3. The van der Waals surface area contributed by atoms with Crippen LogP contribution in [0.1, 0.15) is 0 Å². The van der Waals surface area contributed by atoms with Gasteiger partial charge in [0, 0.05) is 18.9 Å². The maximum absolute atomic E-state index is 12.6. The lowest BCUT2D eigenvalue weighted by Gasteiger charge is -2.32. The average Bonchev–Trinajstić information content (AvgIpc) is 2.46. The van der Waals surface area contributed by atoms with E-state index in [9.17, 15) is 13.2 Å². The molecule has 7 nitrogen and oxygen atoms in total. The van der Waals surface area contributed by atoms with Gasteiger partial charge in [0.25, 0.3) is 0 Å². The molecule has 0 aliphatic carbocycles. The van der Waals surface area contributed by atoms with Gasteiger partial charge in [-0.05, 0) is 6.07 Å². The van der Waals surface area contributed by atoms with E-state index in [-0.39, 0.29) is 29.7 Å². The molecule has 0 N–H and O–H groups in total. The zero-order valence-corrected chi connectivity index (χ0v) is 12.2. The number of hydrogen-bond donors (Lipinski definition) is 0. The van der Waals surface area contributed by atoms with Crippen molar-refractivity contribution in [2.75, 3.05) is 26.9 Å². The largest absolute Gasteiger partial charge is 0.468 e. The highest BCUT2D eigenvalue weighted by atomic mass is 35.5. The van der Waals surface area contributed by atoms with Crippen molar-refractivity contribution in [3.63, 3.8) is 0 Å². The van der Waals surface area contributed by atoms with Crippen LogP contribution in [0.15, 0.2) is 23.4 Å². The molecule has 110 valence electrons. The smallest absolute Gasteiger partial charge is 0.326 e. The van der Waals surface area contributed by atoms with Gasteiger partial charge in [0.2, 0.25) is 10.0 Å². The van der Waals surface area contributed by atoms with Crippen molar-refractivity contribution >= 4 is 27.6 Å². The molecule has 0 radical (unpaired) electrons. The molecule has 0 amide bonds. The summed E-state index contributed by atoms with van der Waals surface area (Å²) in [6.07, 6.45) is 2.54. The summed E-state index contributed by atoms with van der Waals surface area (Å²) in [5.41, 5.74) is 0. The van der Waals surface area contributed by atoms with Gasteiger partial charge in [-0.3, -0.25) is 9.78 Å². The normalized spacial score (nSPS) is 20.6. The molecule has 2 rings (SSSR count). The van der Waals surface area contributed by atoms with Crippen LogP contribution >= 0.6 is 11.6 Å². The number of rotatable bonds is 3. The molecule has 1 unspecified atom stereocenters. The Morgan fingerprint density at radius 2 is 2.35 bits per heavy atom. The second-order valence-corrected chi connectivity index (χ2v) is 6.30. The Kier molecular flexibility index (Phi) is 4.59. The predicted octanol–water partition coefficient (Wildman–Crippen LogP) is 0.298. The molecule has 1 aliphatic rings. The first-order valence-corrected chi connectivity index (χ1v) is 7.57. The summed E-state index contributed by atoms with van der Waals surface area (Å²) < 4.78 is 35.9. The fraction of sp³-hybridized carbons (Fsp3) is 0.455. The number of carbonyl (C=O) groups is 1. The molecule has 1 fully saturated rings. The first-order chi connectivity index (χ1) is 9.48. The van der Waals surface area contributed by atoms with E-state index in [0.29, 0.717) is 0 Å². The Balaban J connectivity index is 2.41. The molecule has 1 aromatic rings. The van der Waals surface area contributed by atoms with E-state index < -0.39 is 22.0 Å². The quantitative estimate of drug-likeness (QED) is 0.744. The summed E-state index contributed by atoms with van der Waals surface area (Å²) in [6.45, 7) is 0.196. The number of sulfonamides is 1. The van der Waals surface area contributed by atoms with Crippen molar-refractivity contribution in [3.05, 3.63) is 23.5 Å². The van der Waals surface area contributed by atoms with Crippen molar-refractivity contribution < 1.29 is 22.7 Å². The van der Waals surface area contributed by atoms with Crippen LogP contribution in [0.2, 0.25) is 5.02 Å². The molecule has 1 aliphatic heterocycles. The SMILES string of the molecule is COC(=O)C1COCCN1S(=O)(=O)c1cnccc1Cl. The highest BCUT2D eigenvalue weighted by Gasteiger charge is 2.39. The molecule has 2 heterocycles. The molecule has 9 heteroatoms. The number of pyridine rings is 1. The van der Waals surface area contributed by atoms with E-state index >= 15 is 0 Å². The van der Waals surface area contributed by atoms with E-state index in [1.54, 1.807) is 0 Å². The van der Waals surface area contributed by atoms with Gasteiger partial charge in [-0.1, -0.05) is 11.6 Å². The van der Waals surface area contributed by atoms with Crippen LogP contribution in [0.5, 0.6) is 0 Å². The first-order valence-electron chi connectivity index (χ1n) is 5.75. The minimum absolute atomic E-state index is 0.0489. The van der Waals surface area contributed by atoms with Gasteiger partial charge < -0.3 is 9.47 Å². The van der Waals surface area contributed by atoms with Crippen LogP contribution in [0.25, 0.3) is 0 Å². The van der Waals surface area contributed by atoms with E-state index in [4.69, 9.17) is 16.3 Å². The third-order valence-electron chi connectivity index (χ3n) is 2.87. The number of carbonyl (C=O) groups excluding carboxylic acids is 1. The molecule has 0 spiro atoms. The predicted molar refractivity (Wildman–Crippen MR) is 69.8 cm³/mol. The summed E-state index contributed by atoms with van der Waals surface area (Å²) in [6, 6.07) is 0.359. The highest BCUT2D eigenvalue weighted by Crippen LogP contribution is 2.26. The summed E-state index contributed by atoms with van der Waals surface area (Å²) >= 11 is 5.90. The van der Waals surface area contributed by atoms with Crippen LogP contribution in [0.4, 0.5) is 0 Å². The van der Waals surface area contributed by atoms with E-state index in [1.807, 2.05) is 0 Å². The first kappa shape index (κ1) is 15.2. The van der Waals surface area contributed by atoms with E-state index in [1.165, 1.54) is 19.4 Å². The van der Waals surface area contributed by atoms with Gasteiger partial charge in [0.15, 0.2) is 0 Å². The topological polar surface area (TPSA) is 85.8 Å². The van der Waals surface area contributed by atoms with Gasteiger partial charge in [-0.2, -0.15) is 4.31 Å². The van der Waals surface area contributed by atoms with Gasteiger partial charge in [-0.15, -0.1) is 0 Å². The summed E-state index contributed by atoms with van der Waals surface area (Å²) in [5.74, 6) is -0.673. The number of aromatic nitrogens is 1. The fourth-order valence-corrected chi connectivity index (χ4v) is 3.83. The Labute approximate surface area is 121 Å². The second kappa shape index (κ2) is 6.04. The minimum Gasteiger partial charge on any atom is -0.468 e. The number of hydrogen-bond acceptors (Lipinski definition) is 6. The number of morpholine rings is 1. The summed E-state index contributed by atoms with van der Waals surface area (Å²) in [4.78, 5) is 15.3. The van der Waals surface area contributed by atoms with Crippen LogP contribution in [-0.2, 0) is 24.3 Å². The molecule has 0 bridgehead atoms.